The van der Waals surface area contributed by atoms with Crippen LogP contribution in [-0.2, 0) is 14.3 Å². The molecule has 5 heteroatoms. The summed E-state index contributed by atoms with van der Waals surface area (Å²) in [6.07, 6.45) is 1.25. The lowest BCUT2D eigenvalue weighted by molar-refractivity contribution is -0.139. The van der Waals surface area contributed by atoms with E-state index in [1.165, 1.54) is 0 Å². The van der Waals surface area contributed by atoms with Crippen LogP contribution in [0.25, 0.3) is 0 Å². The highest BCUT2D eigenvalue weighted by molar-refractivity contribution is 5.93. The maximum Gasteiger partial charge on any atom is 0.248 e. The van der Waals surface area contributed by atoms with E-state index >= 15 is 0 Å². The SMILES string of the molecule is CC1(C)NC(=O)CCN(C2CCOC2)C1=O. The molecule has 5 nitrogen and oxygen atoms in total. The highest BCUT2D eigenvalue weighted by atomic mass is 16.5. The van der Waals surface area contributed by atoms with E-state index in [-0.39, 0.29) is 17.9 Å². The number of nitrogens with one attached hydrogen (secondary N) is 1. The zero-order chi connectivity index (χ0) is 11.8. The van der Waals surface area contributed by atoms with E-state index in [9.17, 15) is 9.59 Å². The molecule has 0 saturated carbocycles. The third-order valence-corrected chi connectivity index (χ3v) is 3.17. The Morgan fingerprint density at radius 3 is 2.81 bits per heavy atom. The van der Waals surface area contributed by atoms with Crippen molar-refractivity contribution in [1.29, 1.82) is 0 Å². The van der Waals surface area contributed by atoms with Gasteiger partial charge < -0.3 is 15.0 Å². The molecule has 16 heavy (non-hydrogen) atoms. The third-order valence-electron chi connectivity index (χ3n) is 3.17. The molecule has 1 N–H and O–H groups in total. The number of hydrogen-bond acceptors (Lipinski definition) is 3. The van der Waals surface area contributed by atoms with Crippen molar-refractivity contribution in [2.75, 3.05) is 19.8 Å². The average molecular weight is 226 g/mol. The number of amides is 2. The second-order valence-electron chi connectivity index (χ2n) is 4.94. The zero-order valence-corrected chi connectivity index (χ0v) is 9.78. The fourth-order valence-corrected chi connectivity index (χ4v) is 2.26. The Hall–Kier alpha value is -1.10. The Kier molecular flexibility index (Phi) is 2.88. The lowest BCUT2D eigenvalue weighted by atomic mass is 10.0. The fourth-order valence-electron chi connectivity index (χ4n) is 2.26. The van der Waals surface area contributed by atoms with Crippen molar-refractivity contribution in [2.24, 2.45) is 0 Å². The highest BCUT2D eigenvalue weighted by Gasteiger charge is 2.40. The summed E-state index contributed by atoms with van der Waals surface area (Å²) in [7, 11) is 0. The standard InChI is InChI=1S/C11H18N2O3/c1-11(2)10(15)13(5-3-9(14)12-11)8-4-6-16-7-8/h8H,3-7H2,1-2H3,(H,12,14). The van der Waals surface area contributed by atoms with Gasteiger partial charge in [-0.2, -0.15) is 0 Å². The summed E-state index contributed by atoms with van der Waals surface area (Å²) >= 11 is 0. The number of rotatable bonds is 1. The lowest BCUT2D eigenvalue weighted by Gasteiger charge is -2.32. The van der Waals surface area contributed by atoms with Gasteiger partial charge in [0.15, 0.2) is 0 Å². The van der Waals surface area contributed by atoms with Gasteiger partial charge in [-0.3, -0.25) is 9.59 Å². The van der Waals surface area contributed by atoms with Gasteiger partial charge in [0.2, 0.25) is 11.8 Å². The summed E-state index contributed by atoms with van der Waals surface area (Å²) in [6, 6.07) is 0.138. The molecule has 2 heterocycles. The molecule has 0 bridgehead atoms. The predicted octanol–water partition coefficient (Wildman–Crippen LogP) is -0.0976. The molecule has 90 valence electrons. The molecule has 2 amide bonds. The zero-order valence-electron chi connectivity index (χ0n) is 9.78. The van der Waals surface area contributed by atoms with Crippen molar-refractivity contribution in [3.8, 4) is 0 Å². The molecule has 0 spiro atoms. The number of nitrogens with zero attached hydrogens (tertiary/aromatic N) is 1. The van der Waals surface area contributed by atoms with E-state index < -0.39 is 5.54 Å². The molecule has 0 radical (unpaired) electrons. The van der Waals surface area contributed by atoms with Gasteiger partial charge in [-0.25, -0.2) is 0 Å². The Labute approximate surface area is 95.1 Å². The van der Waals surface area contributed by atoms with Gasteiger partial charge in [0.05, 0.1) is 12.6 Å². The molecule has 1 unspecified atom stereocenters. The van der Waals surface area contributed by atoms with Gasteiger partial charge in [-0.15, -0.1) is 0 Å². The van der Waals surface area contributed by atoms with Crippen molar-refractivity contribution in [1.82, 2.24) is 10.2 Å². The minimum atomic E-state index is -0.795. The third kappa shape index (κ3) is 2.04. The summed E-state index contributed by atoms with van der Waals surface area (Å²) in [5.41, 5.74) is -0.795. The van der Waals surface area contributed by atoms with Crippen molar-refractivity contribution < 1.29 is 14.3 Å². The second-order valence-corrected chi connectivity index (χ2v) is 4.94. The van der Waals surface area contributed by atoms with E-state index in [0.717, 1.165) is 6.42 Å². The molecular formula is C11H18N2O3. The minimum absolute atomic E-state index is 0.00569. The predicted molar refractivity (Wildman–Crippen MR) is 57.8 cm³/mol. The van der Waals surface area contributed by atoms with Crippen molar-refractivity contribution in [2.45, 2.75) is 38.3 Å². The maximum atomic E-state index is 12.3. The largest absolute Gasteiger partial charge is 0.379 e. The first-order valence-corrected chi connectivity index (χ1v) is 5.70. The molecule has 2 fully saturated rings. The number of hydrogen-bond donors (Lipinski definition) is 1. The van der Waals surface area contributed by atoms with Crippen LogP contribution in [-0.4, -0.2) is 48.1 Å². The maximum absolute atomic E-state index is 12.3. The molecule has 2 aliphatic heterocycles. The van der Waals surface area contributed by atoms with Crippen LogP contribution in [0.1, 0.15) is 26.7 Å². The van der Waals surface area contributed by atoms with Gasteiger partial charge in [0.25, 0.3) is 0 Å². The number of ether oxygens (including phenoxy) is 1. The van der Waals surface area contributed by atoms with Crippen LogP contribution < -0.4 is 5.32 Å². The Morgan fingerprint density at radius 2 is 2.19 bits per heavy atom. The number of carbonyl (C=O) groups is 2. The Bertz CT molecular complexity index is 308. The lowest BCUT2D eigenvalue weighted by Crippen LogP contribution is -2.55. The van der Waals surface area contributed by atoms with E-state index in [2.05, 4.69) is 5.32 Å². The topological polar surface area (TPSA) is 58.6 Å². The first-order chi connectivity index (χ1) is 7.50. The van der Waals surface area contributed by atoms with Gasteiger partial charge in [0.1, 0.15) is 5.54 Å². The second kappa shape index (κ2) is 4.05. The van der Waals surface area contributed by atoms with Crippen LogP contribution in [0.2, 0.25) is 0 Å². The number of carbonyl (C=O) groups excluding carboxylic acids is 2. The van der Waals surface area contributed by atoms with E-state index in [1.807, 2.05) is 0 Å². The average Bonchev–Trinajstić information content (AvgIpc) is 2.67. The van der Waals surface area contributed by atoms with Crippen molar-refractivity contribution in [3.05, 3.63) is 0 Å². The molecule has 2 saturated heterocycles. The summed E-state index contributed by atoms with van der Waals surface area (Å²) in [4.78, 5) is 25.5. The van der Waals surface area contributed by atoms with Crippen LogP contribution in [0.3, 0.4) is 0 Å². The first kappa shape index (κ1) is 11.4. The van der Waals surface area contributed by atoms with Gasteiger partial charge >= 0.3 is 0 Å². The van der Waals surface area contributed by atoms with Crippen molar-refractivity contribution >= 4 is 11.8 Å². The summed E-state index contributed by atoms with van der Waals surface area (Å²) in [5, 5.41) is 2.75. The Morgan fingerprint density at radius 1 is 1.44 bits per heavy atom. The minimum Gasteiger partial charge on any atom is -0.379 e. The van der Waals surface area contributed by atoms with Gasteiger partial charge in [-0.05, 0) is 20.3 Å². The summed E-state index contributed by atoms with van der Waals surface area (Å²) < 4.78 is 5.30. The quantitative estimate of drug-likeness (QED) is 0.679. The normalized spacial score (nSPS) is 30.1. The Balaban J connectivity index is 2.17. The highest BCUT2D eigenvalue weighted by Crippen LogP contribution is 2.20. The molecular weight excluding hydrogens is 208 g/mol. The van der Waals surface area contributed by atoms with Gasteiger partial charge in [-0.1, -0.05) is 0 Å². The fraction of sp³-hybridized carbons (Fsp3) is 0.818. The molecule has 1 atom stereocenters. The van der Waals surface area contributed by atoms with Crippen LogP contribution in [0, 0.1) is 0 Å². The van der Waals surface area contributed by atoms with Crippen LogP contribution in [0.4, 0.5) is 0 Å². The van der Waals surface area contributed by atoms with E-state index in [1.54, 1.807) is 18.7 Å². The molecule has 2 rings (SSSR count). The first-order valence-electron chi connectivity index (χ1n) is 5.70. The van der Waals surface area contributed by atoms with Gasteiger partial charge in [0, 0.05) is 19.6 Å². The van der Waals surface area contributed by atoms with Crippen molar-refractivity contribution in [3.63, 3.8) is 0 Å². The molecule has 2 aliphatic rings. The van der Waals surface area contributed by atoms with Crippen LogP contribution in [0.5, 0.6) is 0 Å². The summed E-state index contributed by atoms with van der Waals surface area (Å²) in [6.45, 7) is 5.30. The smallest absolute Gasteiger partial charge is 0.248 e. The molecule has 0 aromatic carbocycles. The van der Waals surface area contributed by atoms with E-state index in [4.69, 9.17) is 4.74 Å². The molecule has 0 aliphatic carbocycles. The van der Waals surface area contributed by atoms with E-state index in [0.29, 0.717) is 26.2 Å². The van der Waals surface area contributed by atoms with Crippen LogP contribution in [0.15, 0.2) is 0 Å². The monoisotopic (exact) mass is 226 g/mol. The molecule has 0 aromatic rings. The van der Waals surface area contributed by atoms with Crippen LogP contribution >= 0.6 is 0 Å². The summed E-state index contributed by atoms with van der Waals surface area (Å²) in [5.74, 6) is -0.0615. The molecule has 0 aromatic heterocycles.